The highest BCUT2D eigenvalue weighted by Crippen LogP contribution is 2.18. The summed E-state index contributed by atoms with van der Waals surface area (Å²) < 4.78 is 0. The molecule has 0 spiro atoms. The van der Waals surface area contributed by atoms with Crippen molar-refractivity contribution in [2.24, 2.45) is 5.92 Å². The van der Waals surface area contributed by atoms with Gasteiger partial charge in [-0.05, 0) is 12.3 Å². The molecule has 0 bridgehead atoms. The number of aliphatic hydroxyl groups excluding tert-OH is 1. The number of anilines is 1. The molecule has 2 unspecified atom stereocenters. The van der Waals surface area contributed by atoms with Crippen LogP contribution in [0.15, 0.2) is 12.4 Å². The van der Waals surface area contributed by atoms with Gasteiger partial charge in [0.05, 0.1) is 18.5 Å². The van der Waals surface area contributed by atoms with Crippen LogP contribution in [0.1, 0.15) is 23.8 Å². The first-order chi connectivity index (χ1) is 8.61. The minimum atomic E-state index is -0.452. The summed E-state index contributed by atoms with van der Waals surface area (Å²) in [5.74, 6) is 0.696. The standard InChI is InChI=1S/C12H18N4O2/c1-8-3-4-16(7-10(8)17)12(18)9-5-15-11(13-2)6-14-9/h5-6,8,10,17H,3-4,7H2,1-2H3,(H,13,15). The summed E-state index contributed by atoms with van der Waals surface area (Å²) in [6.07, 6.45) is 3.34. The van der Waals surface area contributed by atoms with Gasteiger partial charge in [0, 0.05) is 20.1 Å². The van der Waals surface area contributed by atoms with Crippen LogP contribution in [0.3, 0.4) is 0 Å². The van der Waals surface area contributed by atoms with Gasteiger partial charge in [-0.15, -0.1) is 0 Å². The molecule has 0 radical (unpaired) electrons. The predicted octanol–water partition coefficient (Wildman–Crippen LogP) is 0.361. The number of piperidine rings is 1. The third-order valence-electron chi connectivity index (χ3n) is 3.33. The Bertz CT molecular complexity index is 421. The monoisotopic (exact) mass is 250 g/mol. The number of carbonyl (C=O) groups excluding carboxylic acids is 1. The summed E-state index contributed by atoms with van der Waals surface area (Å²) in [4.78, 5) is 21.9. The first kappa shape index (κ1) is 12.8. The van der Waals surface area contributed by atoms with Crippen LogP contribution in [0.2, 0.25) is 0 Å². The minimum Gasteiger partial charge on any atom is -0.391 e. The Kier molecular flexibility index (Phi) is 3.76. The van der Waals surface area contributed by atoms with Gasteiger partial charge in [0.25, 0.3) is 5.91 Å². The van der Waals surface area contributed by atoms with Crippen LogP contribution in [0.25, 0.3) is 0 Å². The van der Waals surface area contributed by atoms with Gasteiger partial charge in [0.2, 0.25) is 0 Å². The molecule has 1 saturated heterocycles. The van der Waals surface area contributed by atoms with Crippen molar-refractivity contribution in [2.45, 2.75) is 19.4 Å². The summed E-state index contributed by atoms with van der Waals surface area (Å²) >= 11 is 0. The number of nitrogens with one attached hydrogen (secondary N) is 1. The normalized spacial score (nSPS) is 23.8. The zero-order chi connectivity index (χ0) is 13.1. The van der Waals surface area contributed by atoms with Gasteiger partial charge in [0.1, 0.15) is 11.5 Å². The average molecular weight is 250 g/mol. The maximum atomic E-state index is 12.1. The molecule has 1 aromatic heterocycles. The molecule has 1 aromatic rings. The van der Waals surface area contributed by atoms with Crippen molar-refractivity contribution in [3.8, 4) is 0 Å². The van der Waals surface area contributed by atoms with Crippen LogP contribution < -0.4 is 5.32 Å². The number of β-amino-alcohol motifs (C(OH)–C–C–N with tert-alkyl or cyclic N) is 1. The Balaban J connectivity index is 2.06. The summed E-state index contributed by atoms with van der Waals surface area (Å²) in [7, 11) is 1.74. The van der Waals surface area contributed by atoms with Gasteiger partial charge >= 0.3 is 0 Å². The Hall–Kier alpha value is -1.69. The van der Waals surface area contributed by atoms with Gasteiger partial charge in [-0.2, -0.15) is 0 Å². The molecule has 2 N–H and O–H groups in total. The van der Waals surface area contributed by atoms with E-state index in [-0.39, 0.29) is 11.8 Å². The molecule has 2 atom stereocenters. The molecule has 1 aliphatic heterocycles. The highest BCUT2D eigenvalue weighted by Gasteiger charge is 2.28. The molecule has 98 valence electrons. The summed E-state index contributed by atoms with van der Waals surface area (Å²) in [5.41, 5.74) is 0.316. The van der Waals surface area contributed by atoms with Gasteiger partial charge in [0.15, 0.2) is 0 Å². The van der Waals surface area contributed by atoms with E-state index in [4.69, 9.17) is 0 Å². The number of nitrogens with zero attached hydrogens (tertiary/aromatic N) is 3. The van der Waals surface area contributed by atoms with Crippen molar-refractivity contribution < 1.29 is 9.90 Å². The minimum absolute atomic E-state index is 0.170. The van der Waals surface area contributed by atoms with E-state index in [2.05, 4.69) is 15.3 Å². The van der Waals surface area contributed by atoms with Crippen molar-refractivity contribution in [3.63, 3.8) is 0 Å². The zero-order valence-corrected chi connectivity index (χ0v) is 10.6. The summed E-state index contributed by atoms with van der Waals surface area (Å²) in [6, 6.07) is 0. The SMILES string of the molecule is CNc1cnc(C(=O)N2CCC(C)C(O)C2)cn1. The molecule has 2 rings (SSSR count). The second-order valence-corrected chi connectivity index (χ2v) is 4.62. The number of aliphatic hydroxyl groups is 1. The molecule has 0 saturated carbocycles. The Labute approximate surface area is 106 Å². The molecular weight excluding hydrogens is 232 g/mol. The quantitative estimate of drug-likeness (QED) is 0.792. The van der Waals surface area contributed by atoms with Crippen LogP contribution in [0.5, 0.6) is 0 Å². The lowest BCUT2D eigenvalue weighted by Crippen LogP contribution is -2.46. The lowest BCUT2D eigenvalue weighted by Gasteiger charge is -2.33. The number of amides is 1. The molecule has 2 heterocycles. The van der Waals surface area contributed by atoms with Crippen molar-refractivity contribution in [1.29, 1.82) is 0 Å². The van der Waals surface area contributed by atoms with E-state index in [1.54, 1.807) is 11.9 Å². The highest BCUT2D eigenvalue weighted by atomic mass is 16.3. The van der Waals surface area contributed by atoms with E-state index in [0.29, 0.717) is 24.6 Å². The van der Waals surface area contributed by atoms with Crippen molar-refractivity contribution >= 4 is 11.7 Å². The fourth-order valence-corrected chi connectivity index (χ4v) is 1.96. The van der Waals surface area contributed by atoms with Gasteiger partial charge in [-0.1, -0.05) is 6.92 Å². The van der Waals surface area contributed by atoms with Gasteiger partial charge < -0.3 is 15.3 Å². The third-order valence-corrected chi connectivity index (χ3v) is 3.33. The van der Waals surface area contributed by atoms with E-state index in [1.807, 2.05) is 6.92 Å². The first-order valence-corrected chi connectivity index (χ1v) is 6.09. The van der Waals surface area contributed by atoms with Crippen LogP contribution in [0.4, 0.5) is 5.82 Å². The van der Waals surface area contributed by atoms with Crippen molar-refractivity contribution in [2.75, 3.05) is 25.5 Å². The molecule has 1 aliphatic rings. The zero-order valence-electron chi connectivity index (χ0n) is 10.6. The van der Waals surface area contributed by atoms with Crippen LogP contribution >= 0.6 is 0 Å². The molecule has 0 aliphatic carbocycles. The lowest BCUT2D eigenvalue weighted by atomic mass is 9.96. The number of rotatable bonds is 2. The van der Waals surface area contributed by atoms with E-state index >= 15 is 0 Å². The van der Waals surface area contributed by atoms with Crippen LogP contribution in [0, 0.1) is 5.92 Å². The maximum Gasteiger partial charge on any atom is 0.274 e. The predicted molar refractivity (Wildman–Crippen MR) is 67.3 cm³/mol. The van der Waals surface area contributed by atoms with Crippen molar-refractivity contribution in [1.82, 2.24) is 14.9 Å². The topological polar surface area (TPSA) is 78.4 Å². The van der Waals surface area contributed by atoms with E-state index in [9.17, 15) is 9.90 Å². The average Bonchev–Trinajstić information content (AvgIpc) is 2.41. The molecular formula is C12H18N4O2. The molecule has 18 heavy (non-hydrogen) atoms. The smallest absolute Gasteiger partial charge is 0.274 e. The second kappa shape index (κ2) is 5.30. The molecule has 1 amide bonds. The summed E-state index contributed by atoms with van der Waals surface area (Å²) in [5, 5.41) is 12.6. The number of aromatic nitrogens is 2. The van der Waals surface area contributed by atoms with Crippen LogP contribution in [-0.2, 0) is 0 Å². The Morgan fingerprint density at radius 1 is 1.50 bits per heavy atom. The lowest BCUT2D eigenvalue weighted by molar-refractivity contribution is 0.0245. The van der Waals surface area contributed by atoms with E-state index < -0.39 is 6.10 Å². The second-order valence-electron chi connectivity index (χ2n) is 4.62. The molecule has 0 aromatic carbocycles. The fraction of sp³-hybridized carbons (Fsp3) is 0.583. The molecule has 6 heteroatoms. The third kappa shape index (κ3) is 2.59. The number of likely N-dealkylation sites (tertiary alicyclic amines) is 1. The largest absolute Gasteiger partial charge is 0.391 e. The Morgan fingerprint density at radius 3 is 2.83 bits per heavy atom. The maximum absolute atomic E-state index is 12.1. The van der Waals surface area contributed by atoms with E-state index in [1.165, 1.54) is 12.4 Å². The number of hydrogen-bond donors (Lipinski definition) is 2. The molecule has 6 nitrogen and oxygen atoms in total. The Morgan fingerprint density at radius 2 is 2.28 bits per heavy atom. The summed E-state index contributed by atoms with van der Waals surface area (Å²) in [6.45, 7) is 3.02. The van der Waals surface area contributed by atoms with E-state index in [0.717, 1.165) is 6.42 Å². The van der Waals surface area contributed by atoms with Crippen LogP contribution in [-0.4, -0.2) is 52.1 Å². The number of carbonyl (C=O) groups is 1. The molecule has 1 fully saturated rings. The highest BCUT2D eigenvalue weighted by molar-refractivity contribution is 5.92. The number of hydrogen-bond acceptors (Lipinski definition) is 5. The van der Waals surface area contributed by atoms with Gasteiger partial charge in [-0.25, -0.2) is 9.97 Å². The van der Waals surface area contributed by atoms with Gasteiger partial charge in [-0.3, -0.25) is 4.79 Å². The first-order valence-electron chi connectivity index (χ1n) is 6.09. The fourth-order valence-electron chi connectivity index (χ4n) is 1.96. The van der Waals surface area contributed by atoms with Crippen molar-refractivity contribution in [3.05, 3.63) is 18.1 Å².